The quantitative estimate of drug-likeness (QED) is 0.122. The first kappa shape index (κ1) is 41.8. The Balaban J connectivity index is 2.19. The first-order chi connectivity index (χ1) is 21.6. The molecule has 0 bridgehead atoms. The number of rotatable bonds is 17. The normalized spacial score (nSPS) is 24.3. The fourth-order valence-electron chi connectivity index (χ4n) is 5.51. The van der Waals surface area contributed by atoms with Crippen LogP contribution in [0.2, 0.25) is 36.3 Å². The molecule has 0 radical (unpaired) electrons. The van der Waals surface area contributed by atoms with Crippen LogP contribution in [0.15, 0.2) is 72.9 Å². The largest absolute Gasteiger partial charge is 0.411 e. The van der Waals surface area contributed by atoms with Gasteiger partial charge in [0.25, 0.3) is 0 Å². The summed E-state index contributed by atoms with van der Waals surface area (Å²) in [4.78, 5) is 0. The maximum atomic E-state index is 11.0. The molecule has 0 fully saturated rings. The zero-order valence-corrected chi connectivity index (χ0v) is 34.1. The Bertz CT molecular complexity index is 1120. The molecule has 268 valence electrons. The molecule has 7 heteroatoms. The molecule has 0 amide bonds. The Morgan fingerprint density at radius 3 is 2.28 bits per heavy atom. The Labute approximate surface area is 291 Å². The molecule has 7 atom stereocenters. The second-order valence-electron chi connectivity index (χ2n) is 17.1. The zero-order valence-electron chi connectivity index (χ0n) is 32.1. The molecule has 0 aromatic rings. The van der Waals surface area contributed by atoms with Gasteiger partial charge in [-0.05, 0) is 87.6 Å². The van der Waals surface area contributed by atoms with E-state index in [1.165, 1.54) is 5.57 Å². The van der Waals surface area contributed by atoms with Gasteiger partial charge in [0.05, 0.1) is 43.2 Å². The standard InChI is InChI=1S/C40H70O5Si2/c1-15-34-19-17-20-36(43-34)29-32(4)26-31(3)27-33(41)18-16-21-37(44-46(11,12)39(5,6)7)38(45-47(13,14)40(8,9)10)23-22-35-28-30(2)24-25-42-35/h15-19,22-24,32-38,41H,1,3,20-21,25-29H2,2,4-14H3/b18-16+,23-22+/t32-,33+,34+,35+,36-,37-,38-/m0/s1. The van der Waals surface area contributed by atoms with Crippen LogP contribution in [0.1, 0.15) is 93.9 Å². The van der Waals surface area contributed by atoms with E-state index in [1.54, 1.807) is 0 Å². The van der Waals surface area contributed by atoms with Gasteiger partial charge in [-0.25, -0.2) is 0 Å². The van der Waals surface area contributed by atoms with Crippen LogP contribution in [0.25, 0.3) is 0 Å². The number of aliphatic hydroxyl groups excluding tert-OH is 1. The van der Waals surface area contributed by atoms with Gasteiger partial charge in [0, 0.05) is 0 Å². The van der Waals surface area contributed by atoms with Crippen molar-refractivity contribution in [3.8, 4) is 0 Å². The monoisotopic (exact) mass is 686 g/mol. The van der Waals surface area contributed by atoms with Gasteiger partial charge in [0.15, 0.2) is 16.6 Å². The van der Waals surface area contributed by atoms with Gasteiger partial charge in [-0.3, -0.25) is 0 Å². The molecule has 2 aliphatic rings. The molecule has 0 saturated carbocycles. The van der Waals surface area contributed by atoms with Crippen LogP contribution in [0.5, 0.6) is 0 Å². The predicted octanol–water partition coefficient (Wildman–Crippen LogP) is 10.6. The Morgan fingerprint density at radius 2 is 1.68 bits per heavy atom. The van der Waals surface area contributed by atoms with Crippen molar-refractivity contribution in [2.24, 2.45) is 5.92 Å². The van der Waals surface area contributed by atoms with E-state index >= 15 is 0 Å². The SMILES string of the molecule is C=C[C@@H]1C=CC[C@@H](C[C@@H](C)CC(=C)C[C@H](O)/C=C/C[C@H](O[Si](C)(C)C(C)(C)C)[C@H](/C=C/[C@@H]2CC(C)=CCO2)O[Si](C)(C)C(C)(C)C)O1. The molecule has 0 spiro atoms. The van der Waals surface area contributed by atoms with Crippen molar-refractivity contribution in [1.29, 1.82) is 0 Å². The summed E-state index contributed by atoms with van der Waals surface area (Å²) in [5, 5.41) is 11.1. The number of aliphatic hydroxyl groups is 1. The van der Waals surface area contributed by atoms with Crippen molar-refractivity contribution in [1.82, 2.24) is 0 Å². The van der Waals surface area contributed by atoms with Gasteiger partial charge >= 0.3 is 0 Å². The number of hydrogen-bond donors (Lipinski definition) is 1. The van der Waals surface area contributed by atoms with Crippen LogP contribution in [-0.4, -0.2) is 65.0 Å². The average Bonchev–Trinajstić information content (AvgIpc) is 2.93. The number of ether oxygens (including phenoxy) is 2. The van der Waals surface area contributed by atoms with Crippen molar-refractivity contribution in [2.45, 2.75) is 167 Å². The Hall–Kier alpha value is -1.33. The van der Waals surface area contributed by atoms with Gasteiger partial charge in [-0.1, -0.05) is 115 Å². The van der Waals surface area contributed by atoms with Crippen LogP contribution < -0.4 is 0 Å². The van der Waals surface area contributed by atoms with Gasteiger partial charge in [0.1, 0.15) is 0 Å². The van der Waals surface area contributed by atoms with Crippen molar-refractivity contribution >= 4 is 16.6 Å². The maximum Gasteiger partial charge on any atom is 0.193 e. The highest BCUT2D eigenvalue weighted by Crippen LogP contribution is 2.41. The van der Waals surface area contributed by atoms with Crippen molar-refractivity contribution in [2.75, 3.05) is 6.61 Å². The zero-order chi connectivity index (χ0) is 35.6. The van der Waals surface area contributed by atoms with E-state index in [0.717, 1.165) is 31.3 Å². The van der Waals surface area contributed by atoms with Gasteiger partial charge in [-0.2, -0.15) is 0 Å². The first-order valence-corrected chi connectivity index (χ1v) is 23.7. The molecule has 0 aromatic carbocycles. The molecule has 1 N–H and O–H groups in total. The third kappa shape index (κ3) is 14.2. The highest BCUT2D eigenvalue weighted by molar-refractivity contribution is 6.74. The molecule has 2 rings (SSSR count). The van der Waals surface area contributed by atoms with Gasteiger partial charge in [0.2, 0.25) is 0 Å². The van der Waals surface area contributed by atoms with Crippen molar-refractivity contribution in [3.63, 3.8) is 0 Å². The van der Waals surface area contributed by atoms with Crippen LogP contribution >= 0.6 is 0 Å². The summed E-state index contributed by atoms with van der Waals surface area (Å²) in [6.45, 7) is 36.1. The molecular formula is C40H70O5Si2. The lowest BCUT2D eigenvalue weighted by Gasteiger charge is -2.44. The molecule has 0 saturated heterocycles. The highest BCUT2D eigenvalue weighted by atomic mass is 28.4. The summed E-state index contributed by atoms with van der Waals surface area (Å²) in [6, 6.07) is 0. The van der Waals surface area contributed by atoms with Gasteiger partial charge < -0.3 is 23.4 Å². The average molecular weight is 687 g/mol. The molecule has 0 aromatic heterocycles. The lowest BCUT2D eigenvalue weighted by Crippen LogP contribution is -2.51. The third-order valence-corrected chi connectivity index (χ3v) is 19.4. The van der Waals surface area contributed by atoms with Crippen LogP contribution in [0, 0.1) is 5.92 Å². The summed E-state index contributed by atoms with van der Waals surface area (Å²) >= 11 is 0. The second kappa shape index (κ2) is 18.1. The Kier molecular flexibility index (Phi) is 16.1. The minimum absolute atomic E-state index is 0.00451. The first-order valence-electron chi connectivity index (χ1n) is 17.9. The smallest absolute Gasteiger partial charge is 0.193 e. The Morgan fingerprint density at radius 1 is 1.04 bits per heavy atom. The third-order valence-electron chi connectivity index (χ3n) is 10.5. The fourth-order valence-corrected chi connectivity index (χ4v) is 8.11. The van der Waals surface area contributed by atoms with E-state index < -0.39 is 22.7 Å². The molecular weight excluding hydrogens is 617 g/mol. The van der Waals surface area contributed by atoms with E-state index in [9.17, 15) is 5.11 Å². The van der Waals surface area contributed by atoms with Crippen molar-refractivity contribution < 1.29 is 23.4 Å². The molecule has 0 aliphatic carbocycles. The molecule has 0 unspecified atom stereocenters. The summed E-state index contributed by atoms with van der Waals surface area (Å²) in [7, 11) is -4.29. The van der Waals surface area contributed by atoms with Crippen LogP contribution in [-0.2, 0) is 18.3 Å². The molecule has 5 nitrogen and oxygen atoms in total. The lowest BCUT2D eigenvalue weighted by molar-refractivity contribution is 0.0160. The van der Waals surface area contributed by atoms with E-state index in [2.05, 4.69) is 131 Å². The van der Waals surface area contributed by atoms with Gasteiger partial charge in [-0.15, -0.1) is 6.58 Å². The van der Waals surface area contributed by atoms with Crippen molar-refractivity contribution in [3.05, 3.63) is 72.9 Å². The summed E-state index contributed by atoms with van der Waals surface area (Å²) < 4.78 is 26.4. The molecule has 2 heterocycles. The van der Waals surface area contributed by atoms with Crippen LogP contribution in [0.3, 0.4) is 0 Å². The van der Waals surface area contributed by atoms with E-state index in [4.69, 9.17) is 18.3 Å². The van der Waals surface area contributed by atoms with E-state index in [-0.39, 0.29) is 40.6 Å². The van der Waals surface area contributed by atoms with E-state index in [1.807, 2.05) is 12.2 Å². The fraction of sp³-hybridized carbons (Fsp3) is 0.700. The molecule has 47 heavy (non-hydrogen) atoms. The maximum absolute atomic E-state index is 11.0. The number of hydrogen-bond acceptors (Lipinski definition) is 5. The topological polar surface area (TPSA) is 57.2 Å². The highest BCUT2D eigenvalue weighted by Gasteiger charge is 2.44. The summed E-state index contributed by atoms with van der Waals surface area (Å²) in [5.74, 6) is 0.426. The lowest BCUT2D eigenvalue weighted by atomic mass is 9.91. The summed E-state index contributed by atoms with van der Waals surface area (Å²) in [6.07, 6.45) is 20.8. The predicted molar refractivity (Wildman–Crippen MR) is 206 cm³/mol. The minimum Gasteiger partial charge on any atom is -0.411 e. The van der Waals surface area contributed by atoms with Crippen LogP contribution in [0.4, 0.5) is 0 Å². The summed E-state index contributed by atoms with van der Waals surface area (Å²) in [5.41, 5.74) is 2.42. The van der Waals surface area contributed by atoms with E-state index in [0.29, 0.717) is 25.4 Å². The molecule has 2 aliphatic heterocycles. The minimum atomic E-state index is -2.15. The second-order valence-corrected chi connectivity index (χ2v) is 26.6.